The summed E-state index contributed by atoms with van der Waals surface area (Å²) in [5.41, 5.74) is 0.313. The molecule has 1 atom stereocenters. The van der Waals surface area contributed by atoms with E-state index in [-0.39, 0.29) is 24.3 Å². The van der Waals surface area contributed by atoms with Crippen LogP contribution in [0.3, 0.4) is 0 Å². The van der Waals surface area contributed by atoms with E-state index >= 15 is 0 Å². The zero-order chi connectivity index (χ0) is 18.0. The number of benzene rings is 1. The van der Waals surface area contributed by atoms with Crippen molar-refractivity contribution < 1.29 is 31.1 Å². The third-order valence-corrected chi connectivity index (χ3v) is 5.65. The summed E-state index contributed by atoms with van der Waals surface area (Å²) < 4.78 is 68.8. The molecule has 0 aliphatic carbocycles. The highest BCUT2D eigenvalue weighted by molar-refractivity contribution is 7.89. The van der Waals surface area contributed by atoms with Gasteiger partial charge in [-0.25, -0.2) is 13.2 Å². The van der Waals surface area contributed by atoms with Crippen LogP contribution in [0.5, 0.6) is 0 Å². The van der Waals surface area contributed by atoms with Gasteiger partial charge < -0.3 is 4.74 Å². The average Bonchev–Trinajstić information content (AvgIpc) is 2.54. The zero-order valence-corrected chi connectivity index (χ0v) is 13.7. The van der Waals surface area contributed by atoms with Crippen molar-refractivity contribution in [1.82, 2.24) is 4.31 Å². The number of piperidine rings is 1. The fourth-order valence-electron chi connectivity index (χ4n) is 2.46. The first-order valence-corrected chi connectivity index (χ1v) is 8.60. The number of hydrogen-bond acceptors (Lipinski definition) is 4. The Balaban J connectivity index is 2.16. The van der Waals surface area contributed by atoms with E-state index < -0.39 is 34.8 Å². The number of amides is 1. The van der Waals surface area contributed by atoms with Crippen molar-refractivity contribution in [3.8, 4) is 0 Å². The SMILES string of the molecule is COC(=O)Nc1ccc(S(=O)(=O)N2CCC[C@H](C(F)(F)F)C2)cc1. The molecule has 0 aromatic heterocycles. The summed E-state index contributed by atoms with van der Waals surface area (Å²) in [6.07, 6.45) is -5.04. The number of anilines is 1. The molecular weight excluding hydrogens is 349 g/mol. The molecule has 0 spiro atoms. The lowest BCUT2D eigenvalue weighted by molar-refractivity contribution is -0.182. The monoisotopic (exact) mass is 366 g/mol. The van der Waals surface area contributed by atoms with E-state index in [1.54, 1.807) is 0 Å². The quantitative estimate of drug-likeness (QED) is 0.893. The van der Waals surface area contributed by atoms with Crippen LogP contribution in [0, 0.1) is 5.92 Å². The number of nitrogens with zero attached hydrogens (tertiary/aromatic N) is 1. The molecule has 6 nitrogen and oxygen atoms in total. The number of halogens is 3. The average molecular weight is 366 g/mol. The summed E-state index contributed by atoms with van der Waals surface area (Å²) in [5, 5.41) is 2.36. The highest BCUT2D eigenvalue weighted by Crippen LogP contribution is 2.35. The Morgan fingerprint density at radius 2 is 1.92 bits per heavy atom. The van der Waals surface area contributed by atoms with Gasteiger partial charge in [-0.3, -0.25) is 5.32 Å². The van der Waals surface area contributed by atoms with Crippen molar-refractivity contribution in [2.45, 2.75) is 23.9 Å². The van der Waals surface area contributed by atoms with Crippen LogP contribution in [0.25, 0.3) is 0 Å². The predicted molar refractivity (Wildman–Crippen MR) is 80.0 cm³/mol. The first kappa shape index (κ1) is 18.5. The van der Waals surface area contributed by atoms with Gasteiger partial charge in [0, 0.05) is 18.8 Å². The van der Waals surface area contributed by atoms with Gasteiger partial charge in [0.05, 0.1) is 17.9 Å². The Morgan fingerprint density at radius 3 is 2.46 bits per heavy atom. The lowest BCUT2D eigenvalue weighted by Gasteiger charge is -2.32. The van der Waals surface area contributed by atoms with Crippen LogP contribution >= 0.6 is 0 Å². The fraction of sp³-hybridized carbons (Fsp3) is 0.500. The number of carbonyl (C=O) groups is 1. The molecule has 1 aliphatic rings. The van der Waals surface area contributed by atoms with Crippen LogP contribution in [0.15, 0.2) is 29.2 Å². The van der Waals surface area contributed by atoms with E-state index in [1.807, 2.05) is 0 Å². The molecule has 10 heteroatoms. The highest BCUT2D eigenvalue weighted by Gasteiger charge is 2.44. The van der Waals surface area contributed by atoms with E-state index in [2.05, 4.69) is 10.1 Å². The smallest absolute Gasteiger partial charge is 0.411 e. The third-order valence-electron chi connectivity index (χ3n) is 3.77. The van der Waals surface area contributed by atoms with Crippen molar-refractivity contribution in [1.29, 1.82) is 0 Å². The normalized spacial score (nSPS) is 19.8. The van der Waals surface area contributed by atoms with Gasteiger partial charge in [0.25, 0.3) is 0 Å². The van der Waals surface area contributed by atoms with Gasteiger partial charge in [0.2, 0.25) is 10.0 Å². The number of sulfonamides is 1. The summed E-state index contributed by atoms with van der Waals surface area (Å²) in [6, 6.07) is 5.15. The molecule has 1 heterocycles. The first-order valence-electron chi connectivity index (χ1n) is 7.16. The van der Waals surface area contributed by atoms with E-state index in [1.165, 1.54) is 31.4 Å². The first-order chi connectivity index (χ1) is 11.1. The van der Waals surface area contributed by atoms with Crippen molar-refractivity contribution in [2.24, 2.45) is 5.92 Å². The molecule has 0 saturated carbocycles. The Kier molecular flexibility index (Phi) is 5.38. The van der Waals surface area contributed by atoms with Gasteiger partial charge in [-0.2, -0.15) is 17.5 Å². The molecule has 2 rings (SSSR count). The van der Waals surface area contributed by atoms with Crippen LogP contribution < -0.4 is 5.32 Å². The van der Waals surface area contributed by atoms with Gasteiger partial charge in [-0.1, -0.05) is 0 Å². The van der Waals surface area contributed by atoms with Gasteiger partial charge in [0.15, 0.2) is 0 Å². The van der Waals surface area contributed by atoms with Crippen molar-refractivity contribution in [3.63, 3.8) is 0 Å². The van der Waals surface area contributed by atoms with Crippen molar-refractivity contribution >= 4 is 21.8 Å². The van der Waals surface area contributed by atoms with Gasteiger partial charge in [-0.05, 0) is 37.1 Å². The van der Waals surface area contributed by atoms with E-state index in [0.717, 1.165) is 4.31 Å². The number of hydrogen-bond donors (Lipinski definition) is 1. The molecular formula is C14H17F3N2O4S. The molecule has 1 fully saturated rings. The minimum Gasteiger partial charge on any atom is -0.453 e. The van der Waals surface area contributed by atoms with Crippen LogP contribution in [-0.4, -0.2) is 45.2 Å². The molecule has 1 saturated heterocycles. The molecule has 24 heavy (non-hydrogen) atoms. The Bertz CT molecular complexity index is 689. The highest BCUT2D eigenvalue weighted by atomic mass is 32.2. The van der Waals surface area contributed by atoms with Crippen LogP contribution in [0.1, 0.15) is 12.8 Å². The summed E-state index contributed by atoms with van der Waals surface area (Å²) >= 11 is 0. The fourth-order valence-corrected chi connectivity index (χ4v) is 3.98. The minimum atomic E-state index is -4.41. The van der Waals surface area contributed by atoms with Crippen LogP contribution in [0.2, 0.25) is 0 Å². The molecule has 1 aromatic rings. The number of carbonyl (C=O) groups excluding carboxylic acids is 1. The van der Waals surface area contributed by atoms with Crippen molar-refractivity contribution in [3.05, 3.63) is 24.3 Å². The minimum absolute atomic E-state index is 0.0527. The summed E-state index contributed by atoms with van der Waals surface area (Å²) in [5.74, 6) is -1.65. The molecule has 1 aromatic carbocycles. The molecule has 134 valence electrons. The molecule has 0 radical (unpaired) electrons. The maximum absolute atomic E-state index is 12.8. The second-order valence-electron chi connectivity index (χ2n) is 5.38. The summed E-state index contributed by atoms with van der Waals surface area (Å²) in [6.45, 7) is -0.523. The van der Waals surface area contributed by atoms with E-state index in [0.29, 0.717) is 5.69 Å². The largest absolute Gasteiger partial charge is 0.453 e. The maximum Gasteiger partial charge on any atom is 0.411 e. The molecule has 0 unspecified atom stereocenters. The predicted octanol–water partition coefficient (Wildman–Crippen LogP) is 2.83. The Labute approximate surface area is 137 Å². The van der Waals surface area contributed by atoms with E-state index in [4.69, 9.17) is 0 Å². The lowest BCUT2D eigenvalue weighted by atomic mass is 9.99. The van der Waals surface area contributed by atoms with E-state index in [9.17, 15) is 26.4 Å². The lowest BCUT2D eigenvalue weighted by Crippen LogP contribution is -2.44. The number of alkyl halides is 3. The van der Waals surface area contributed by atoms with Crippen LogP contribution in [0.4, 0.5) is 23.7 Å². The third kappa shape index (κ3) is 4.18. The molecule has 1 amide bonds. The van der Waals surface area contributed by atoms with Gasteiger partial charge in [0.1, 0.15) is 0 Å². The standard InChI is InChI=1S/C14H17F3N2O4S/c1-23-13(20)18-11-4-6-12(7-5-11)24(21,22)19-8-2-3-10(9-19)14(15,16)17/h4-7,10H,2-3,8-9H2,1H3,(H,18,20)/t10-/m0/s1. The van der Waals surface area contributed by atoms with Crippen LogP contribution in [-0.2, 0) is 14.8 Å². The second kappa shape index (κ2) is 6.98. The molecule has 0 bridgehead atoms. The van der Waals surface area contributed by atoms with Gasteiger partial charge in [-0.15, -0.1) is 0 Å². The summed E-state index contributed by atoms with van der Waals surface area (Å²) in [7, 11) is -2.83. The molecule has 1 aliphatic heterocycles. The zero-order valence-electron chi connectivity index (χ0n) is 12.8. The number of nitrogens with one attached hydrogen (secondary N) is 1. The Hall–Kier alpha value is -1.81. The second-order valence-corrected chi connectivity index (χ2v) is 7.32. The summed E-state index contributed by atoms with van der Waals surface area (Å²) in [4.78, 5) is 10.9. The number of ether oxygens (including phenoxy) is 1. The Morgan fingerprint density at radius 1 is 1.29 bits per heavy atom. The number of methoxy groups -OCH3 is 1. The maximum atomic E-state index is 12.8. The van der Waals surface area contributed by atoms with Crippen molar-refractivity contribution in [2.75, 3.05) is 25.5 Å². The molecule has 1 N–H and O–H groups in total. The topological polar surface area (TPSA) is 75.7 Å². The number of rotatable bonds is 3. The van der Waals surface area contributed by atoms with Gasteiger partial charge >= 0.3 is 12.3 Å².